The van der Waals surface area contributed by atoms with Crippen molar-refractivity contribution in [3.05, 3.63) is 35.9 Å². The van der Waals surface area contributed by atoms with Crippen LogP contribution in [0.4, 0.5) is 5.82 Å². The molecule has 0 aliphatic carbocycles. The van der Waals surface area contributed by atoms with Crippen LogP contribution in [0.15, 0.2) is 30.3 Å². The summed E-state index contributed by atoms with van der Waals surface area (Å²) in [4.78, 5) is 17.8. The van der Waals surface area contributed by atoms with Crippen molar-refractivity contribution in [1.82, 2.24) is 4.98 Å². The van der Waals surface area contributed by atoms with E-state index in [1.54, 1.807) is 0 Å². The van der Waals surface area contributed by atoms with Crippen LogP contribution >= 0.6 is 0 Å². The summed E-state index contributed by atoms with van der Waals surface area (Å²) in [5.41, 5.74) is 1.59. The van der Waals surface area contributed by atoms with Crippen LogP contribution < -0.4 is 4.90 Å². The second kappa shape index (κ2) is 5.63. The Balaban J connectivity index is 2.44. The third-order valence-corrected chi connectivity index (χ3v) is 3.07. The van der Waals surface area contributed by atoms with E-state index in [9.17, 15) is 4.79 Å². The number of benzene rings is 1. The Hall–Kier alpha value is -1.90. The van der Waals surface area contributed by atoms with Crippen LogP contribution in [0.5, 0.6) is 0 Å². The van der Waals surface area contributed by atoms with Gasteiger partial charge in [0.25, 0.3) is 0 Å². The lowest BCUT2D eigenvalue weighted by Gasteiger charge is -2.19. The zero-order valence-electron chi connectivity index (χ0n) is 10.9. The van der Waals surface area contributed by atoms with Crippen LogP contribution in [0.1, 0.15) is 30.1 Å². The average Bonchev–Trinajstić information content (AvgIpc) is 2.43. The lowest BCUT2D eigenvalue weighted by molar-refractivity contribution is 0.112. The third kappa shape index (κ3) is 2.50. The van der Waals surface area contributed by atoms with Gasteiger partial charge in [-0.2, -0.15) is 0 Å². The second-order valence-electron chi connectivity index (χ2n) is 4.49. The molecule has 0 saturated carbocycles. The standard InChI is InChI=1S/C15H18N2O/c1-3-4-9-17(2)15-13(11-18)10-12-7-5-6-8-14(12)16-15/h5-8,10-11H,3-4,9H2,1-2H3. The number of carbonyl (C=O) groups is 1. The summed E-state index contributed by atoms with van der Waals surface area (Å²) in [6.07, 6.45) is 3.12. The molecule has 0 aliphatic heterocycles. The Morgan fingerprint density at radius 3 is 2.83 bits per heavy atom. The van der Waals surface area contributed by atoms with Gasteiger partial charge in [0.2, 0.25) is 0 Å². The van der Waals surface area contributed by atoms with Crippen LogP contribution in [0.3, 0.4) is 0 Å². The number of aromatic nitrogens is 1. The molecular weight excluding hydrogens is 224 g/mol. The van der Waals surface area contributed by atoms with E-state index < -0.39 is 0 Å². The summed E-state index contributed by atoms with van der Waals surface area (Å²) in [7, 11) is 1.99. The van der Waals surface area contributed by atoms with Gasteiger partial charge in [0, 0.05) is 19.0 Å². The maximum absolute atomic E-state index is 11.2. The number of hydrogen-bond donors (Lipinski definition) is 0. The molecule has 3 nitrogen and oxygen atoms in total. The number of aldehydes is 1. The number of unbranched alkanes of at least 4 members (excludes halogenated alkanes) is 1. The molecule has 0 fully saturated rings. The summed E-state index contributed by atoms with van der Waals surface area (Å²) in [5.74, 6) is 0.775. The SMILES string of the molecule is CCCCN(C)c1nc2ccccc2cc1C=O. The molecule has 0 amide bonds. The van der Waals surface area contributed by atoms with Crippen molar-refractivity contribution in [3.63, 3.8) is 0 Å². The van der Waals surface area contributed by atoms with Crippen LogP contribution in [0.2, 0.25) is 0 Å². The molecule has 18 heavy (non-hydrogen) atoms. The summed E-state index contributed by atoms with van der Waals surface area (Å²) >= 11 is 0. The highest BCUT2D eigenvalue weighted by molar-refractivity contribution is 5.91. The Labute approximate surface area is 107 Å². The highest BCUT2D eigenvalue weighted by Crippen LogP contribution is 2.21. The number of pyridine rings is 1. The van der Waals surface area contributed by atoms with Crippen molar-refractivity contribution in [3.8, 4) is 0 Å². The van der Waals surface area contributed by atoms with Crippen molar-refractivity contribution in [2.45, 2.75) is 19.8 Å². The largest absolute Gasteiger partial charge is 0.359 e. The number of para-hydroxylation sites is 1. The average molecular weight is 242 g/mol. The summed E-state index contributed by atoms with van der Waals surface area (Å²) in [6.45, 7) is 3.07. The first-order valence-corrected chi connectivity index (χ1v) is 6.32. The first-order chi connectivity index (χ1) is 8.76. The molecule has 0 atom stereocenters. The van der Waals surface area contributed by atoms with Gasteiger partial charge in [-0.25, -0.2) is 4.98 Å². The number of carbonyl (C=O) groups excluding carboxylic acids is 1. The maximum Gasteiger partial charge on any atom is 0.153 e. The molecular formula is C15H18N2O. The van der Waals surface area contributed by atoms with Crippen LogP contribution in [0.25, 0.3) is 10.9 Å². The number of anilines is 1. The fraction of sp³-hybridized carbons (Fsp3) is 0.333. The van der Waals surface area contributed by atoms with Gasteiger partial charge in [-0.3, -0.25) is 4.79 Å². The molecule has 0 N–H and O–H groups in total. The Bertz CT molecular complexity index is 551. The van der Waals surface area contributed by atoms with Crippen molar-refractivity contribution in [1.29, 1.82) is 0 Å². The molecule has 2 aromatic rings. The molecule has 0 saturated heterocycles. The van der Waals surface area contributed by atoms with E-state index in [1.165, 1.54) is 0 Å². The van der Waals surface area contributed by atoms with E-state index in [4.69, 9.17) is 0 Å². The molecule has 94 valence electrons. The summed E-state index contributed by atoms with van der Waals surface area (Å²) in [5, 5.41) is 1.01. The first kappa shape index (κ1) is 12.6. The van der Waals surface area contributed by atoms with Gasteiger partial charge in [0.05, 0.1) is 11.1 Å². The predicted octanol–water partition coefficient (Wildman–Crippen LogP) is 3.28. The van der Waals surface area contributed by atoms with Gasteiger partial charge in [0.1, 0.15) is 5.82 Å². The molecule has 1 aromatic heterocycles. The van der Waals surface area contributed by atoms with E-state index in [0.29, 0.717) is 5.56 Å². The Kier molecular flexibility index (Phi) is 3.92. The summed E-state index contributed by atoms with van der Waals surface area (Å²) in [6, 6.07) is 9.78. The smallest absolute Gasteiger partial charge is 0.153 e. The molecule has 0 aliphatic rings. The zero-order valence-corrected chi connectivity index (χ0v) is 10.9. The highest BCUT2D eigenvalue weighted by atomic mass is 16.1. The molecule has 0 radical (unpaired) electrons. The fourth-order valence-corrected chi connectivity index (χ4v) is 2.02. The van der Waals surface area contributed by atoms with Gasteiger partial charge >= 0.3 is 0 Å². The maximum atomic E-state index is 11.2. The summed E-state index contributed by atoms with van der Waals surface area (Å²) < 4.78 is 0. The van der Waals surface area contributed by atoms with E-state index >= 15 is 0 Å². The van der Waals surface area contributed by atoms with Crippen molar-refractivity contribution in [2.24, 2.45) is 0 Å². The molecule has 0 spiro atoms. The van der Waals surface area contributed by atoms with Gasteiger partial charge in [-0.05, 0) is 18.6 Å². The molecule has 1 aromatic carbocycles. The zero-order chi connectivity index (χ0) is 13.0. The first-order valence-electron chi connectivity index (χ1n) is 6.32. The number of hydrogen-bond acceptors (Lipinski definition) is 3. The van der Waals surface area contributed by atoms with Crippen molar-refractivity contribution in [2.75, 3.05) is 18.5 Å². The fourth-order valence-electron chi connectivity index (χ4n) is 2.02. The van der Waals surface area contributed by atoms with Crippen molar-refractivity contribution < 1.29 is 4.79 Å². The number of nitrogens with zero attached hydrogens (tertiary/aromatic N) is 2. The van der Waals surface area contributed by atoms with Gasteiger partial charge in [0.15, 0.2) is 6.29 Å². The lowest BCUT2D eigenvalue weighted by Crippen LogP contribution is -2.21. The molecule has 1 heterocycles. The minimum atomic E-state index is 0.660. The van der Waals surface area contributed by atoms with E-state index in [0.717, 1.165) is 42.4 Å². The Morgan fingerprint density at radius 2 is 2.11 bits per heavy atom. The minimum absolute atomic E-state index is 0.660. The van der Waals surface area contributed by atoms with Gasteiger partial charge < -0.3 is 4.90 Å². The van der Waals surface area contributed by atoms with Crippen LogP contribution in [0, 0.1) is 0 Å². The van der Waals surface area contributed by atoms with Gasteiger partial charge in [-0.1, -0.05) is 31.5 Å². The van der Waals surface area contributed by atoms with E-state index in [-0.39, 0.29) is 0 Å². The molecule has 0 unspecified atom stereocenters. The van der Waals surface area contributed by atoms with E-state index in [1.807, 2.05) is 37.4 Å². The molecule has 0 bridgehead atoms. The lowest BCUT2D eigenvalue weighted by atomic mass is 10.1. The molecule has 3 heteroatoms. The Morgan fingerprint density at radius 1 is 1.33 bits per heavy atom. The quantitative estimate of drug-likeness (QED) is 0.754. The van der Waals surface area contributed by atoms with Crippen LogP contribution in [-0.2, 0) is 0 Å². The van der Waals surface area contributed by atoms with E-state index in [2.05, 4.69) is 16.8 Å². The number of fused-ring (bicyclic) bond motifs is 1. The van der Waals surface area contributed by atoms with Crippen LogP contribution in [-0.4, -0.2) is 24.9 Å². The number of rotatable bonds is 5. The monoisotopic (exact) mass is 242 g/mol. The third-order valence-electron chi connectivity index (χ3n) is 3.07. The van der Waals surface area contributed by atoms with Crippen molar-refractivity contribution >= 4 is 23.0 Å². The predicted molar refractivity (Wildman–Crippen MR) is 75.3 cm³/mol. The normalized spacial score (nSPS) is 10.6. The highest BCUT2D eigenvalue weighted by Gasteiger charge is 2.10. The topological polar surface area (TPSA) is 33.2 Å². The van der Waals surface area contributed by atoms with Gasteiger partial charge in [-0.15, -0.1) is 0 Å². The minimum Gasteiger partial charge on any atom is -0.359 e. The second-order valence-corrected chi connectivity index (χ2v) is 4.49. The molecule has 2 rings (SSSR count).